The lowest BCUT2D eigenvalue weighted by Crippen LogP contribution is -2.21. The van der Waals surface area contributed by atoms with Gasteiger partial charge in [0.25, 0.3) is 0 Å². The molecule has 3 rings (SSSR count). The van der Waals surface area contributed by atoms with E-state index in [1.807, 2.05) is 0 Å². The summed E-state index contributed by atoms with van der Waals surface area (Å²) in [6.07, 6.45) is 7.65. The topological polar surface area (TPSA) is 9.23 Å². The van der Waals surface area contributed by atoms with Gasteiger partial charge >= 0.3 is 0 Å². The van der Waals surface area contributed by atoms with Crippen LogP contribution >= 0.6 is 0 Å². The largest absolute Gasteiger partial charge is 0.366 e. The zero-order valence-electron chi connectivity index (χ0n) is 11.7. The van der Waals surface area contributed by atoms with E-state index in [0.717, 1.165) is 25.9 Å². The third-order valence-corrected chi connectivity index (χ3v) is 3.90. The van der Waals surface area contributed by atoms with Crippen LogP contribution < -0.4 is 0 Å². The van der Waals surface area contributed by atoms with Gasteiger partial charge in [0.15, 0.2) is 0 Å². The molecular formula is C19H20O. The van der Waals surface area contributed by atoms with Gasteiger partial charge in [0.1, 0.15) is 5.60 Å². The Hall–Kier alpha value is -1.86. The van der Waals surface area contributed by atoms with E-state index in [1.165, 1.54) is 11.1 Å². The fourth-order valence-electron chi connectivity index (χ4n) is 2.84. The number of rotatable bonds is 4. The average molecular weight is 264 g/mol. The molecule has 0 N–H and O–H groups in total. The molecule has 2 aromatic carbocycles. The van der Waals surface area contributed by atoms with Crippen LogP contribution in [0, 0.1) is 0 Å². The Morgan fingerprint density at radius 1 is 0.950 bits per heavy atom. The molecule has 102 valence electrons. The molecule has 2 aromatic rings. The van der Waals surface area contributed by atoms with Gasteiger partial charge in [-0.2, -0.15) is 0 Å². The molecule has 1 atom stereocenters. The number of hydrogen-bond acceptors (Lipinski definition) is 1. The molecule has 0 aromatic heterocycles. The summed E-state index contributed by atoms with van der Waals surface area (Å²) in [7, 11) is 0. The Morgan fingerprint density at radius 3 is 2.30 bits per heavy atom. The first kappa shape index (κ1) is 13.1. The van der Waals surface area contributed by atoms with E-state index in [0.29, 0.717) is 0 Å². The third-order valence-electron chi connectivity index (χ3n) is 3.90. The van der Waals surface area contributed by atoms with Crippen molar-refractivity contribution in [2.24, 2.45) is 0 Å². The number of benzene rings is 2. The maximum Gasteiger partial charge on any atom is 0.111 e. The highest BCUT2D eigenvalue weighted by atomic mass is 16.5. The molecule has 1 fully saturated rings. The minimum atomic E-state index is -0.212. The second kappa shape index (κ2) is 6.06. The van der Waals surface area contributed by atoms with E-state index < -0.39 is 0 Å². The van der Waals surface area contributed by atoms with Crippen molar-refractivity contribution in [2.45, 2.75) is 24.9 Å². The molecule has 1 aliphatic heterocycles. The third kappa shape index (κ3) is 2.83. The fourth-order valence-corrected chi connectivity index (χ4v) is 2.84. The molecule has 1 heteroatoms. The molecule has 0 radical (unpaired) electrons. The first-order chi connectivity index (χ1) is 9.89. The van der Waals surface area contributed by atoms with Crippen LogP contribution in [0.25, 0.3) is 0 Å². The van der Waals surface area contributed by atoms with Crippen molar-refractivity contribution in [2.75, 3.05) is 6.61 Å². The molecule has 1 saturated heterocycles. The summed E-state index contributed by atoms with van der Waals surface area (Å²) in [5.41, 5.74) is 2.39. The lowest BCUT2D eigenvalue weighted by Gasteiger charge is -2.25. The highest BCUT2D eigenvalue weighted by Gasteiger charge is 2.33. The van der Waals surface area contributed by atoms with E-state index in [1.54, 1.807) is 0 Å². The lowest BCUT2D eigenvalue weighted by atomic mass is 9.90. The van der Waals surface area contributed by atoms with Gasteiger partial charge in [-0.05, 0) is 30.4 Å². The van der Waals surface area contributed by atoms with Crippen molar-refractivity contribution in [1.82, 2.24) is 0 Å². The molecule has 20 heavy (non-hydrogen) atoms. The van der Waals surface area contributed by atoms with Crippen molar-refractivity contribution in [3.8, 4) is 0 Å². The first-order valence-electron chi connectivity index (χ1n) is 7.30. The maximum atomic E-state index is 6.08. The van der Waals surface area contributed by atoms with Crippen LogP contribution in [0.15, 0.2) is 72.8 Å². The summed E-state index contributed by atoms with van der Waals surface area (Å²) in [6.45, 7) is 0.852. The molecule has 1 unspecified atom stereocenters. The minimum Gasteiger partial charge on any atom is -0.366 e. The molecule has 1 aliphatic rings. The Bertz CT molecular complexity index is 551. The molecule has 0 aliphatic carbocycles. The number of hydrogen-bond donors (Lipinski definition) is 0. The highest BCUT2D eigenvalue weighted by molar-refractivity contribution is 5.29. The summed E-state index contributed by atoms with van der Waals surface area (Å²) < 4.78 is 6.08. The van der Waals surface area contributed by atoms with Crippen molar-refractivity contribution in [3.63, 3.8) is 0 Å². The minimum absolute atomic E-state index is 0.212. The van der Waals surface area contributed by atoms with Crippen LogP contribution in [-0.2, 0) is 16.8 Å². The van der Waals surface area contributed by atoms with Crippen LogP contribution in [0.3, 0.4) is 0 Å². The van der Waals surface area contributed by atoms with E-state index in [-0.39, 0.29) is 5.60 Å². The highest BCUT2D eigenvalue weighted by Crippen LogP contribution is 2.37. The van der Waals surface area contributed by atoms with Gasteiger partial charge in [-0.3, -0.25) is 0 Å². The fraction of sp³-hybridized carbons (Fsp3) is 0.263. The normalized spacial score (nSPS) is 22.4. The van der Waals surface area contributed by atoms with Crippen molar-refractivity contribution in [1.29, 1.82) is 0 Å². The Morgan fingerprint density at radius 2 is 1.65 bits per heavy atom. The summed E-state index contributed by atoms with van der Waals surface area (Å²) in [5.74, 6) is 0. The van der Waals surface area contributed by atoms with Crippen LogP contribution in [0.5, 0.6) is 0 Å². The van der Waals surface area contributed by atoms with Gasteiger partial charge in [-0.25, -0.2) is 0 Å². The summed E-state index contributed by atoms with van der Waals surface area (Å²) in [4.78, 5) is 0. The molecule has 1 nitrogen and oxygen atoms in total. The van der Waals surface area contributed by atoms with Crippen molar-refractivity contribution < 1.29 is 4.74 Å². The van der Waals surface area contributed by atoms with Crippen LogP contribution in [0.2, 0.25) is 0 Å². The second-order valence-electron chi connectivity index (χ2n) is 5.30. The molecular weight excluding hydrogens is 244 g/mol. The van der Waals surface area contributed by atoms with Crippen LogP contribution in [0.4, 0.5) is 0 Å². The van der Waals surface area contributed by atoms with E-state index in [2.05, 4.69) is 72.8 Å². The Kier molecular flexibility index (Phi) is 3.98. The van der Waals surface area contributed by atoms with E-state index in [4.69, 9.17) is 4.74 Å². The molecule has 0 saturated carbocycles. The first-order valence-corrected chi connectivity index (χ1v) is 7.30. The van der Waals surface area contributed by atoms with E-state index in [9.17, 15) is 0 Å². The summed E-state index contributed by atoms with van der Waals surface area (Å²) >= 11 is 0. The van der Waals surface area contributed by atoms with Gasteiger partial charge < -0.3 is 4.74 Å². The molecule has 1 heterocycles. The molecule has 0 spiro atoms. The quantitative estimate of drug-likeness (QED) is 0.739. The van der Waals surface area contributed by atoms with Crippen molar-refractivity contribution >= 4 is 0 Å². The maximum absolute atomic E-state index is 6.08. The zero-order valence-corrected chi connectivity index (χ0v) is 11.7. The SMILES string of the molecule is C(=C\C1(c2ccccc2)CCCO1)/Cc1ccccc1. The second-order valence-corrected chi connectivity index (χ2v) is 5.30. The zero-order chi connectivity index (χ0) is 13.7. The average Bonchev–Trinajstić information content (AvgIpc) is 2.99. The summed E-state index contributed by atoms with van der Waals surface area (Å²) in [6, 6.07) is 21.1. The van der Waals surface area contributed by atoms with Gasteiger partial charge in [0.2, 0.25) is 0 Å². The predicted octanol–water partition coefficient (Wildman–Crippen LogP) is 4.49. The standard InChI is InChI=1S/C19H20O/c1-3-9-17(10-4-1)11-7-14-19(15-8-16-20-19)18-12-5-2-6-13-18/h1-7,9-10,12-14H,8,11,15-16H2/b14-7+. The predicted molar refractivity (Wildman–Crippen MR) is 82.6 cm³/mol. The van der Waals surface area contributed by atoms with Gasteiger partial charge in [0, 0.05) is 6.61 Å². The smallest absolute Gasteiger partial charge is 0.111 e. The van der Waals surface area contributed by atoms with Crippen LogP contribution in [-0.4, -0.2) is 6.61 Å². The van der Waals surface area contributed by atoms with Gasteiger partial charge in [-0.1, -0.05) is 72.8 Å². The lowest BCUT2D eigenvalue weighted by molar-refractivity contribution is 0.0426. The Labute approximate surface area is 120 Å². The van der Waals surface area contributed by atoms with Gasteiger partial charge in [0.05, 0.1) is 0 Å². The van der Waals surface area contributed by atoms with E-state index >= 15 is 0 Å². The number of allylic oxidation sites excluding steroid dienone is 1. The Balaban J connectivity index is 1.78. The summed E-state index contributed by atoms with van der Waals surface area (Å²) in [5, 5.41) is 0. The molecule has 0 amide bonds. The molecule has 0 bridgehead atoms. The van der Waals surface area contributed by atoms with Crippen LogP contribution in [0.1, 0.15) is 24.0 Å². The van der Waals surface area contributed by atoms with Gasteiger partial charge in [-0.15, -0.1) is 0 Å². The number of ether oxygens (including phenoxy) is 1. The monoisotopic (exact) mass is 264 g/mol. The van der Waals surface area contributed by atoms with Crippen molar-refractivity contribution in [3.05, 3.63) is 83.9 Å².